The third-order valence-corrected chi connectivity index (χ3v) is 3.22. The van der Waals surface area contributed by atoms with Crippen LogP contribution in [-0.2, 0) is 5.41 Å². The van der Waals surface area contributed by atoms with Gasteiger partial charge in [-0.25, -0.2) is 9.97 Å². The van der Waals surface area contributed by atoms with Gasteiger partial charge in [0.05, 0.1) is 5.69 Å². The van der Waals surface area contributed by atoms with Crippen LogP contribution in [0.4, 0.5) is 5.82 Å². The van der Waals surface area contributed by atoms with Crippen LogP contribution in [0.2, 0.25) is 0 Å². The molecule has 0 fully saturated rings. The Labute approximate surface area is 111 Å². The molecule has 1 heterocycles. The summed E-state index contributed by atoms with van der Waals surface area (Å²) in [5.74, 6) is 2.41. The molecule has 102 valence electrons. The summed E-state index contributed by atoms with van der Waals surface area (Å²) in [6.07, 6.45) is 2.19. The number of hydrogen-bond donors (Lipinski definition) is 1. The van der Waals surface area contributed by atoms with Crippen LogP contribution in [0.25, 0.3) is 0 Å². The second-order valence-corrected chi connectivity index (χ2v) is 5.79. The van der Waals surface area contributed by atoms with E-state index >= 15 is 0 Å². The minimum absolute atomic E-state index is 0.0634. The number of nitrogens with one attached hydrogen (secondary N) is 1. The molecule has 1 aromatic rings. The van der Waals surface area contributed by atoms with Gasteiger partial charge in [-0.15, -0.1) is 0 Å². The minimum Gasteiger partial charge on any atom is -0.370 e. The number of rotatable bonds is 5. The van der Waals surface area contributed by atoms with E-state index in [-0.39, 0.29) is 5.41 Å². The minimum atomic E-state index is 0.0634. The van der Waals surface area contributed by atoms with Crippen LogP contribution in [0.15, 0.2) is 6.07 Å². The van der Waals surface area contributed by atoms with Gasteiger partial charge in [-0.1, -0.05) is 34.6 Å². The van der Waals surface area contributed by atoms with Gasteiger partial charge in [0, 0.05) is 23.9 Å². The molecule has 0 amide bonds. The fourth-order valence-electron chi connectivity index (χ4n) is 1.96. The summed E-state index contributed by atoms with van der Waals surface area (Å²) in [4.78, 5) is 9.43. The van der Waals surface area contributed by atoms with Gasteiger partial charge >= 0.3 is 0 Å². The normalized spacial score (nSPS) is 11.9. The van der Waals surface area contributed by atoms with Gasteiger partial charge in [-0.05, 0) is 19.8 Å². The lowest BCUT2D eigenvalue weighted by atomic mass is 9.91. The Morgan fingerprint density at radius 2 is 1.72 bits per heavy atom. The van der Waals surface area contributed by atoms with Crippen molar-refractivity contribution >= 4 is 5.82 Å². The molecule has 0 bridgehead atoms. The first-order valence-electron chi connectivity index (χ1n) is 7.05. The van der Waals surface area contributed by atoms with Crippen LogP contribution in [0.1, 0.15) is 71.8 Å². The predicted octanol–water partition coefficient (Wildman–Crippen LogP) is 4.11. The summed E-state index contributed by atoms with van der Waals surface area (Å²) in [5, 5.41) is 3.31. The first-order valence-corrected chi connectivity index (χ1v) is 7.05. The summed E-state index contributed by atoms with van der Waals surface area (Å²) < 4.78 is 0. The van der Waals surface area contributed by atoms with Crippen LogP contribution in [-0.4, -0.2) is 16.5 Å². The number of nitrogens with zero attached hydrogens (tertiary/aromatic N) is 2. The van der Waals surface area contributed by atoms with Crippen LogP contribution < -0.4 is 5.32 Å². The first kappa shape index (κ1) is 14.9. The molecule has 1 aromatic heterocycles. The monoisotopic (exact) mass is 249 g/mol. The van der Waals surface area contributed by atoms with Gasteiger partial charge in [-0.2, -0.15) is 0 Å². The lowest BCUT2D eigenvalue weighted by Crippen LogP contribution is -2.18. The van der Waals surface area contributed by atoms with Gasteiger partial charge < -0.3 is 5.32 Å². The molecule has 0 atom stereocenters. The molecule has 0 aromatic carbocycles. The lowest BCUT2D eigenvalue weighted by molar-refractivity contribution is 0.542. The van der Waals surface area contributed by atoms with Crippen LogP contribution in [0, 0.1) is 0 Å². The fraction of sp³-hybridized carbons (Fsp3) is 0.733. The van der Waals surface area contributed by atoms with Crippen molar-refractivity contribution in [3.8, 4) is 0 Å². The Kier molecular flexibility index (Phi) is 5.12. The van der Waals surface area contributed by atoms with Gasteiger partial charge in [0.1, 0.15) is 11.6 Å². The third-order valence-electron chi connectivity index (χ3n) is 3.22. The molecule has 0 aliphatic heterocycles. The highest BCUT2D eigenvalue weighted by Crippen LogP contribution is 2.26. The SMILES string of the molecule is CCNc1cc(C(C)(C)C)nc(C(CC)CC)n1. The number of anilines is 1. The smallest absolute Gasteiger partial charge is 0.134 e. The van der Waals surface area contributed by atoms with E-state index in [4.69, 9.17) is 4.98 Å². The Balaban J connectivity index is 3.21. The summed E-state index contributed by atoms with van der Waals surface area (Å²) in [7, 11) is 0. The molecule has 1 N–H and O–H groups in total. The summed E-state index contributed by atoms with van der Waals surface area (Å²) >= 11 is 0. The average molecular weight is 249 g/mol. The van der Waals surface area contributed by atoms with Crippen molar-refractivity contribution in [1.82, 2.24) is 9.97 Å². The number of hydrogen-bond acceptors (Lipinski definition) is 3. The van der Waals surface area contributed by atoms with Gasteiger partial charge in [0.15, 0.2) is 0 Å². The van der Waals surface area contributed by atoms with Gasteiger partial charge in [-0.3, -0.25) is 0 Å². The number of aromatic nitrogens is 2. The van der Waals surface area contributed by atoms with E-state index in [1.165, 1.54) is 0 Å². The quantitative estimate of drug-likeness (QED) is 0.853. The molecule has 3 heteroatoms. The van der Waals surface area contributed by atoms with Gasteiger partial charge in [0.2, 0.25) is 0 Å². The predicted molar refractivity (Wildman–Crippen MR) is 78.2 cm³/mol. The third kappa shape index (κ3) is 3.69. The highest BCUT2D eigenvalue weighted by molar-refractivity contribution is 5.38. The summed E-state index contributed by atoms with van der Waals surface area (Å²) in [6.45, 7) is 14.0. The fourth-order valence-corrected chi connectivity index (χ4v) is 1.96. The molecule has 0 spiro atoms. The Morgan fingerprint density at radius 1 is 1.11 bits per heavy atom. The second kappa shape index (κ2) is 6.17. The summed E-state index contributed by atoms with van der Waals surface area (Å²) in [6, 6.07) is 2.08. The van der Waals surface area contributed by atoms with Crippen molar-refractivity contribution in [2.24, 2.45) is 0 Å². The topological polar surface area (TPSA) is 37.8 Å². The van der Waals surface area contributed by atoms with E-state index < -0.39 is 0 Å². The maximum Gasteiger partial charge on any atom is 0.134 e. The largest absolute Gasteiger partial charge is 0.370 e. The van der Waals surface area contributed by atoms with E-state index in [0.29, 0.717) is 5.92 Å². The summed E-state index contributed by atoms with van der Waals surface area (Å²) in [5.41, 5.74) is 1.18. The first-order chi connectivity index (χ1) is 8.42. The highest BCUT2D eigenvalue weighted by atomic mass is 15.0. The van der Waals surface area contributed by atoms with Crippen molar-refractivity contribution in [1.29, 1.82) is 0 Å². The van der Waals surface area contributed by atoms with E-state index in [2.05, 4.69) is 57.9 Å². The molecule has 18 heavy (non-hydrogen) atoms. The lowest BCUT2D eigenvalue weighted by Gasteiger charge is -2.21. The molecular formula is C15H27N3. The molecule has 0 aliphatic carbocycles. The maximum absolute atomic E-state index is 4.78. The van der Waals surface area contributed by atoms with Crippen molar-refractivity contribution in [3.63, 3.8) is 0 Å². The maximum atomic E-state index is 4.78. The van der Waals surface area contributed by atoms with Crippen molar-refractivity contribution in [3.05, 3.63) is 17.6 Å². The zero-order chi connectivity index (χ0) is 13.8. The standard InChI is InChI=1S/C15H27N3/c1-7-11(8-2)14-17-12(15(4,5)6)10-13(18-14)16-9-3/h10-11H,7-9H2,1-6H3,(H,16,17,18). The average Bonchev–Trinajstić information content (AvgIpc) is 2.29. The van der Waals surface area contributed by atoms with E-state index in [1.807, 2.05) is 0 Å². The molecule has 0 aliphatic rings. The zero-order valence-corrected chi connectivity index (χ0v) is 12.7. The molecular weight excluding hydrogens is 222 g/mol. The Morgan fingerprint density at radius 3 is 2.17 bits per heavy atom. The Hall–Kier alpha value is -1.12. The van der Waals surface area contributed by atoms with Crippen LogP contribution in [0.5, 0.6) is 0 Å². The molecule has 0 radical (unpaired) electrons. The second-order valence-electron chi connectivity index (χ2n) is 5.79. The van der Waals surface area contributed by atoms with E-state index in [9.17, 15) is 0 Å². The molecule has 0 saturated heterocycles. The van der Waals surface area contributed by atoms with E-state index in [0.717, 1.165) is 36.7 Å². The van der Waals surface area contributed by atoms with Crippen LogP contribution in [0.3, 0.4) is 0 Å². The van der Waals surface area contributed by atoms with Crippen LogP contribution >= 0.6 is 0 Å². The van der Waals surface area contributed by atoms with E-state index in [1.54, 1.807) is 0 Å². The Bertz CT molecular complexity index is 376. The van der Waals surface area contributed by atoms with Crippen molar-refractivity contribution in [2.75, 3.05) is 11.9 Å². The molecule has 1 rings (SSSR count). The molecule has 0 saturated carbocycles. The molecule has 3 nitrogen and oxygen atoms in total. The van der Waals surface area contributed by atoms with Crippen molar-refractivity contribution in [2.45, 2.75) is 65.7 Å². The van der Waals surface area contributed by atoms with Crippen molar-refractivity contribution < 1.29 is 0 Å². The highest BCUT2D eigenvalue weighted by Gasteiger charge is 2.20. The van der Waals surface area contributed by atoms with Gasteiger partial charge in [0.25, 0.3) is 0 Å². The zero-order valence-electron chi connectivity index (χ0n) is 12.7. The molecule has 0 unspecified atom stereocenters.